The molecule has 9 nitrogen and oxygen atoms in total. The van der Waals surface area contributed by atoms with E-state index in [1.165, 1.54) is 0 Å². The maximum absolute atomic E-state index is 12.5. The second-order valence-electron chi connectivity index (χ2n) is 6.88. The zero-order valence-corrected chi connectivity index (χ0v) is 16.9. The van der Waals surface area contributed by atoms with Crippen molar-refractivity contribution in [1.82, 2.24) is 20.5 Å². The fourth-order valence-electron chi connectivity index (χ4n) is 3.56. The SMILES string of the molecule is CNC(=O)C[C@H]1CC[C@@H](CNC(=O)c2cc3cc(OC)ccc3[nH]2)N1C.O=CO. The molecule has 1 aromatic heterocycles. The Labute approximate surface area is 169 Å². The summed E-state index contributed by atoms with van der Waals surface area (Å²) in [5.74, 6) is 0.696. The number of rotatable bonds is 6. The number of likely N-dealkylation sites (N-methyl/N-ethyl adjacent to an activating group) is 1. The fourth-order valence-corrected chi connectivity index (χ4v) is 3.56. The number of likely N-dealkylation sites (tertiary alicyclic amines) is 1. The summed E-state index contributed by atoms with van der Waals surface area (Å²) in [6.45, 7) is 0.318. The Kier molecular flexibility index (Phi) is 8.02. The predicted molar refractivity (Wildman–Crippen MR) is 109 cm³/mol. The van der Waals surface area contributed by atoms with Crippen molar-refractivity contribution < 1.29 is 24.2 Å². The summed E-state index contributed by atoms with van der Waals surface area (Å²) in [4.78, 5) is 37.8. The van der Waals surface area contributed by atoms with Gasteiger partial charge in [0, 0.05) is 43.0 Å². The first-order valence-electron chi connectivity index (χ1n) is 9.38. The van der Waals surface area contributed by atoms with Crippen LogP contribution in [0.15, 0.2) is 24.3 Å². The lowest BCUT2D eigenvalue weighted by molar-refractivity contribution is -0.123. The molecule has 0 spiro atoms. The minimum atomic E-state index is -0.250. The van der Waals surface area contributed by atoms with Gasteiger partial charge in [-0.15, -0.1) is 0 Å². The molecule has 29 heavy (non-hydrogen) atoms. The van der Waals surface area contributed by atoms with E-state index in [9.17, 15) is 9.59 Å². The van der Waals surface area contributed by atoms with Crippen LogP contribution in [-0.2, 0) is 9.59 Å². The fraction of sp³-hybridized carbons (Fsp3) is 0.450. The molecule has 158 valence electrons. The third-order valence-electron chi connectivity index (χ3n) is 5.26. The standard InChI is InChI=1S/C19H26N4O3.CH2O2/c1-20-18(24)10-13-4-5-14(23(13)2)11-21-19(25)17-9-12-8-15(26-3)6-7-16(12)22-17;2-1-3/h6-9,13-14,22H,4-5,10-11H2,1-3H3,(H,20,24)(H,21,25);1H,(H,2,3)/t13-,14+;/m1./s1. The molecular weight excluding hydrogens is 376 g/mol. The summed E-state index contributed by atoms with van der Waals surface area (Å²) < 4.78 is 5.22. The molecule has 1 saturated heterocycles. The normalized spacial score (nSPS) is 18.6. The van der Waals surface area contributed by atoms with Crippen LogP contribution < -0.4 is 15.4 Å². The Morgan fingerprint density at radius 2 is 2.00 bits per heavy atom. The average Bonchev–Trinajstić information content (AvgIpc) is 3.30. The van der Waals surface area contributed by atoms with Crippen molar-refractivity contribution in [2.24, 2.45) is 0 Å². The molecule has 1 aliphatic rings. The maximum atomic E-state index is 12.5. The van der Waals surface area contributed by atoms with Crippen molar-refractivity contribution in [2.45, 2.75) is 31.3 Å². The first-order valence-corrected chi connectivity index (χ1v) is 9.38. The van der Waals surface area contributed by atoms with Crippen molar-refractivity contribution in [3.05, 3.63) is 30.0 Å². The molecule has 2 heterocycles. The lowest BCUT2D eigenvalue weighted by atomic mass is 10.1. The smallest absolute Gasteiger partial charge is 0.290 e. The van der Waals surface area contributed by atoms with Gasteiger partial charge in [-0.25, -0.2) is 0 Å². The Balaban J connectivity index is 0.000000941. The van der Waals surface area contributed by atoms with Crippen LogP contribution in [0.2, 0.25) is 0 Å². The quantitative estimate of drug-likeness (QED) is 0.537. The number of nitrogens with zero attached hydrogens (tertiary/aromatic N) is 1. The van der Waals surface area contributed by atoms with Crippen LogP contribution in [0.4, 0.5) is 0 Å². The van der Waals surface area contributed by atoms with Crippen molar-refractivity contribution >= 4 is 29.2 Å². The maximum Gasteiger partial charge on any atom is 0.290 e. The number of aromatic nitrogens is 1. The highest BCUT2D eigenvalue weighted by molar-refractivity contribution is 5.98. The largest absolute Gasteiger partial charge is 0.497 e. The molecule has 9 heteroatoms. The van der Waals surface area contributed by atoms with Gasteiger partial charge in [-0.2, -0.15) is 0 Å². The van der Waals surface area contributed by atoms with Gasteiger partial charge < -0.3 is 25.5 Å². The van der Waals surface area contributed by atoms with Crippen molar-refractivity contribution in [1.29, 1.82) is 0 Å². The number of hydrogen-bond donors (Lipinski definition) is 4. The van der Waals surface area contributed by atoms with E-state index in [1.54, 1.807) is 14.2 Å². The van der Waals surface area contributed by atoms with Crippen LogP contribution >= 0.6 is 0 Å². The third-order valence-corrected chi connectivity index (χ3v) is 5.26. The number of H-pyrrole nitrogens is 1. The molecule has 0 radical (unpaired) electrons. The number of carboxylic acid groups (broad SMARTS) is 1. The second-order valence-corrected chi connectivity index (χ2v) is 6.88. The van der Waals surface area contributed by atoms with Crippen LogP contribution in [-0.4, -0.2) is 73.1 Å². The molecule has 1 aliphatic heterocycles. The number of hydrogen-bond acceptors (Lipinski definition) is 5. The first-order chi connectivity index (χ1) is 13.9. The number of carbonyl (C=O) groups is 3. The molecule has 0 aliphatic carbocycles. The summed E-state index contributed by atoms with van der Waals surface area (Å²) in [6, 6.07) is 7.98. The van der Waals surface area contributed by atoms with E-state index in [0.29, 0.717) is 18.7 Å². The minimum absolute atomic E-state index is 0.0556. The summed E-state index contributed by atoms with van der Waals surface area (Å²) in [7, 11) is 5.30. The monoisotopic (exact) mass is 404 g/mol. The minimum Gasteiger partial charge on any atom is -0.497 e. The van der Waals surface area contributed by atoms with E-state index < -0.39 is 0 Å². The zero-order valence-electron chi connectivity index (χ0n) is 16.9. The molecule has 0 unspecified atom stereocenters. The van der Waals surface area contributed by atoms with Crippen molar-refractivity contribution in [2.75, 3.05) is 27.7 Å². The molecule has 2 amide bonds. The van der Waals surface area contributed by atoms with E-state index in [0.717, 1.165) is 29.5 Å². The van der Waals surface area contributed by atoms with Crippen molar-refractivity contribution in [3.63, 3.8) is 0 Å². The number of amides is 2. The lowest BCUT2D eigenvalue weighted by Crippen LogP contribution is -2.42. The van der Waals surface area contributed by atoms with E-state index in [2.05, 4.69) is 20.5 Å². The number of fused-ring (bicyclic) bond motifs is 1. The summed E-state index contributed by atoms with van der Waals surface area (Å²) in [5.41, 5.74) is 1.44. The molecule has 2 atom stereocenters. The van der Waals surface area contributed by atoms with E-state index in [4.69, 9.17) is 14.6 Å². The van der Waals surface area contributed by atoms with E-state index >= 15 is 0 Å². The number of carbonyl (C=O) groups excluding carboxylic acids is 2. The van der Waals surface area contributed by atoms with Crippen LogP contribution in [0.25, 0.3) is 10.9 Å². The zero-order chi connectivity index (χ0) is 21.4. The molecule has 2 aromatic rings. The highest BCUT2D eigenvalue weighted by atomic mass is 16.5. The topological polar surface area (TPSA) is 124 Å². The van der Waals surface area contributed by atoms with Crippen LogP contribution in [0, 0.1) is 0 Å². The number of benzene rings is 1. The third kappa shape index (κ3) is 5.71. The Morgan fingerprint density at radius 1 is 1.31 bits per heavy atom. The van der Waals surface area contributed by atoms with Gasteiger partial charge in [0.05, 0.1) is 7.11 Å². The molecule has 3 rings (SSSR count). The molecular formula is C20H28N4O5. The number of ether oxygens (including phenoxy) is 1. The molecule has 4 N–H and O–H groups in total. The molecule has 1 aromatic carbocycles. The second kappa shape index (κ2) is 10.5. The molecule has 0 saturated carbocycles. The average molecular weight is 404 g/mol. The highest BCUT2D eigenvalue weighted by Crippen LogP contribution is 2.24. The Hall–Kier alpha value is -3.07. The van der Waals surface area contributed by atoms with E-state index in [-0.39, 0.29) is 30.4 Å². The van der Waals surface area contributed by atoms with Gasteiger partial charge in [0.25, 0.3) is 12.4 Å². The number of methoxy groups -OCH3 is 1. The summed E-state index contributed by atoms with van der Waals surface area (Å²) >= 11 is 0. The van der Waals surface area contributed by atoms with Gasteiger partial charge in [-0.05, 0) is 44.2 Å². The molecule has 0 bridgehead atoms. The lowest BCUT2D eigenvalue weighted by Gasteiger charge is -2.25. The Bertz CT molecular complexity index is 851. The van der Waals surface area contributed by atoms with Crippen LogP contribution in [0.5, 0.6) is 5.75 Å². The van der Waals surface area contributed by atoms with E-state index in [1.807, 2.05) is 31.3 Å². The van der Waals surface area contributed by atoms with Crippen LogP contribution in [0.3, 0.4) is 0 Å². The van der Waals surface area contributed by atoms with Gasteiger partial charge in [0.2, 0.25) is 5.91 Å². The van der Waals surface area contributed by atoms with Gasteiger partial charge in [0.1, 0.15) is 11.4 Å². The van der Waals surface area contributed by atoms with Crippen molar-refractivity contribution in [3.8, 4) is 5.75 Å². The summed E-state index contributed by atoms with van der Waals surface area (Å²) in [6.07, 6.45) is 2.44. The van der Waals surface area contributed by atoms with Gasteiger partial charge in [0.15, 0.2) is 0 Å². The number of nitrogens with one attached hydrogen (secondary N) is 3. The highest BCUT2D eigenvalue weighted by Gasteiger charge is 2.31. The van der Waals surface area contributed by atoms with Gasteiger partial charge in [-0.3, -0.25) is 19.3 Å². The Morgan fingerprint density at radius 3 is 2.66 bits per heavy atom. The van der Waals surface area contributed by atoms with Gasteiger partial charge in [-0.1, -0.05) is 0 Å². The van der Waals surface area contributed by atoms with Gasteiger partial charge >= 0.3 is 0 Å². The number of aromatic amines is 1. The predicted octanol–water partition coefficient (Wildman–Crippen LogP) is 1.21. The first kappa shape index (κ1) is 22.2. The summed E-state index contributed by atoms with van der Waals surface area (Å²) in [5, 5.41) is 13.5. The van der Waals surface area contributed by atoms with Crippen LogP contribution in [0.1, 0.15) is 29.8 Å². The molecule has 1 fully saturated rings.